The zero-order valence-electron chi connectivity index (χ0n) is 12.5. The zero-order chi connectivity index (χ0) is 14.8. The summed E-state index contributed by atoms with van der Waals surface area (Å²) in [4.78, 5) is 28.9. The molecule has 1 aromatic rings. The van der Waals surface area contributed by atoms with Crippen molar-refractivity contribution in [3.63, 3.8) is 0 Å². The molecular weight excluding hydrogens is 268 g/mol. The van der Waals surface area contributed by atoms with Gasteiger partial charge in [0.2, 0.25) is 11.8 Å². The van der Waals surface area contributed by atoms with Crippen molar-refractivity contribution in [1.29, 1.82) is 0 Å². The Hall–Kier alpha value is -1.78. The Labute approximate surface area is 124 Å². The van der Waals surface area contributed by atoms with Crippen LogP contribution in [0, 0.1) is 0 Å². The van der Waals surface area contributed by atoms with Crippen LogP contribution in [0.2, 0.25) is 0 Å². The maximum Gasteiger partial charge on any atom is 0.246 e. The van der Waals surface area contributed by atoms with Gasteiger partial charge in [0.05, 0.1) is 6.26 Å². The standard InChI is InChI=1S/C16H22N2O3/c1-2-13-15(19)17-9-4-3-7-14(17)16(20)18(13)10-8-12-6-5-11-21-12/h5-6,11,13-14H,2-4,7-10H2,1H3. The smallest absolute Gasteiger partial charge is 0.246 e. The molecule has 2 amide bonds. The van der Waals surface area contributed by atoms with E-state index in [0.29, 0.717) is 19.4 Å². The van der Waals surface area contributed by atoms with Crippen LogP contribution in [0.5, 0.6) is 0 Å². The number of rotatable bonds is 4. The highest BCUT2D eigenvalue weighted by Crippen LogP contribution is 2.27. The van der Waals surface area contributed by atoms with E-state index in [-0.39, 0.29) is 23.9 Å². The Morgan fingerprint density at radius 1 is 1.29 bits per heavy atom. The van der Waals surface area contributed by atoms with Gasteiger partial charge in [0.25, 0.3) is 0 Å². The lowest BCUT2D eigenvalue weighted by Crippen LogP contribution is -2.65. The van der Waals surface area contributed by atoms with Crippen LogP contribution in [0.4, 0.5) is 0 Å². The molecular formula is C16H22N2O3. The molecule has 0 radical (unpaired) electrons. The summed E-state index contributed by atoms with van der Waals surface area (Å²) in [5.74, 6) is 1.10. The Morgan fingerprint density at radius 2 is 2.14 bits per heavy atom. The quantitative estimate of drug-likeness (QED) is 0.850. The molecule has 3 heterocycles. The van der Waals surface area contributed by atoms with E-state index in [2.05, 4.69) is 0 Å². The number of hydrogen-bond donors (Lipinski definition) is 0. The molecule has 21 heavy (non-hydrogen) atoms. The molecule has 0 spiro atoms. The lowest BCUT2D eigenvalue weighted by Gasteiger charge is -2.46. The second kappa shape index (κ2) is 5.92. The number of hydrogen-bond acceptors (Lipinski definition) is 3. The minimum Gasteiger partial charge on any atom is -0.469 e. The van der Waals surface area contributed by atoms with Gasteiger partial charge in [0.1, 0.15) is 17.8 Å². The summed E-state index contributed by atoms with van der Waals surface area (Å²) < 4.78 is 5.33. The fourth-order valence-corrected chi connectivity index (χ4v) is 3.47. The molecule has 3 rings (SSSR count). The highest BCUT2D eigenvalue weighted by molar-refractivity contribution is 5.97. The predicted molar refractivity (Wildman–Crippen MR) is 77.6 cm³/mol. The molecule has 0 aliphatic carbocycles. The number of piperidine rings is 1. The third-order valence-corrected chi connectivity index (χ3v) is 4.58. The first kappa shape index (κ1) is 14.2. The van der Waals surface area contributed by atoms with Gasteiger partial charge in [-0.05, 0) is 37.8 Å². The van der Waals surface area contributed by atoms with E-state index in [9.17, 15) is 9.59 Å². The third kappa shape index (κ3) is 2.57. The molecule has 2 unspecified atom stereocenters. The summed E-state index contributed by atoms with van der Waals surface area (Å²) in [6, 6.07) is 3.22. The van der Waals surface area contributed by atoms with Crippen LogP contribution in [0.25, 0.3) is 0 Å². The van der Waals surface area contributed by atoms with Crippen LogP contribution in [0.3, 0.4) is 0 Å². The second-order valence-corrected chi connectivity index (χ2v) is 5.83. The van der Waals surface area contributed by atoms with Crippen molar-refractivity contribution < 1.29 is 14.0 Å². The van der Waals surface area contributed by atoms with Crippen molar-refractivity contribution in [2.75, 3.05) is 13.1 Å². The van der Waals surface area contributed by atoms with E-state index in [4.69, 9.17) is 4.42 Å². The number of nitrogens with zero attached hydrogens (tertiary/aromatic N) is 2. The van der Waals surface area contributed by atoms with Crippen molar-refractivity contribution in [1.82, 2.24) is 9.80 Å². The van der Waals surface area contributed by atoms with Crippen LogP contribution >= 0.6 is 0 Å². The van der Waals surface area contributed by atoms with Crippen molar-refractivity contribution in [3.05, 3.63) is 24.2 Å². The third-order valence-electron chi connectivity index (χ3n) is 4.58. The lowest BCUT2D eigenvalue weighted by atomic mass is 9.94. The molecule has 1 aromatic heterocycles. The fraction of sp³-hybridized carbons (Fsp3) is 0.625. The van der Waals surface area contributed by atoms with Gasteiger partial charge in [-0.1, -0.05) is 6.92 Å². The summed E-state index contributed by atoms with van der Waals surface area (Å²) in [6.45, 7) is 3.26. The Balaban J connectivity index is 1.76. The fourth-order valence-electron chi connectivity index (χ4n) is 3.47. The van der Waals surface area contributed by atoms with E-state index in [1.54, 1.807) is 11.2 Å². The van der Waals surface area contributed by atoms with Crippen LogP contribution in [-0.4, -0.2) is 46.8 Å². The molecule has 2 fully saturated rings. The molecule has 2 aliphatic rings. The highest BCUT2D eigenvalue weighted by atomic mass is 16.3. The zero-order valence-corrected chi connectivity index (χ0v) is 12.5. The molecule has 114 valence electrons. The predicted octanol–water partition coefficient (Wildman–Crippen LogP) is 1.82. The minimum atomic E-state index is -0.304. The first-order chi connectivity index (χ1) is 10.2. The van der Waals surface area contributed by atoms with E-state index < -0.39 is 0 Å². The van der Waals surface area contributed by atoms with E-state index in [0.717, 1.165) is 31.6 Å². The van der Waals surface area contributed by atoms with Crippen LogP contribution in [0.15, 0.2) is 22.8 Å². The first-order valence-corrected chi connectivity index (χ1v) is 7.85. The Kier molecular flexibility index (Phi) is 3.99. The molecule has 2 atom stereocenters. The van der Waals surface area contributed by atoms with Crippen molar-refractivity contribution in [2.45, 2.75) is 51.1 Å². The van der Waals surface area contributed by atoms with Gasteiger partial charge in [-0.3, -0.25) is 9.59 Å². The SMILES string of the molecule is CCC1C(=O)N2CCCCC2C(=O)N1CCc1ccco1. The lowest BCUT2D eigenvalue weighted by molar-refractivity contribution is -0.163. The maximum absolute atomic E-state index is 12.7. The molecule has 5 nitrogen and oxygen atoms in total. The Bertz CT molecular complexity index is 512. The van der Waals surface area contributed by atoms with Gasteiger partial charge in [-0.25, -0.2) is 0 Å². The molecule has 0 aromatic carbocycles. The van der Waals surface area contributed by atoms with E-state index in [1.165, 1.54) is 0 Å². The normalized spacial score (nSPS) is 26.1. The first-order valence-electron chi connectivity index (χ1n) is 7.85. The van der Waals surface area contributed by atoms with Gasteiger partial charge < -0.3 is 14.2 Å². The highest BCUT2D eigenvalue weighted by Gasteiger charge is 2.45. The van der Waals surface area contributed by atoms with Gasteiger partial charge >= 0.3 is 0 Å². The Morgan fingerprint density at radius 3 is 2.86 bits per heavy atom. The van der Waals surface area contributed by atoms with Crippen molar-refractivity contribution in [3.8, 4) is 0 Å². The number of fused-ring (bicyclic) bond motifs is 1. The van der Waals surface area contributed by atoms with Crippen LogP contribution < -0.4 is 0 Å². The minimum absolute atomic E-state index is 0.118. The van der Waals surface area contributed by atoms with Crippen molar-refractivity contribution >= 4 is 11.8 Å². The molecule has 2 aliphatic heterocycles. The number of carbonyl (C=O) groups is 2. The monoisotopic (exact) mass is 290 g/mol. The number of furan rings is 1. The number of amides is 2. The molecule has 0 N–H and O–H groups in total. The maximum atomic E-state index is 12.7. The summed E-state index contributed by atoms with van der Waals surface area (Å²) in [5, 5.41) is 0. The van der Waals surface area contributed by atoms with Crippen molar-refractivity contribution in [2.24, 2.45) is 0 Å². The topological polar surface area (TPSA) is 53.8 Å². The summed E-state index contributed by atoms with van der Waals surface area (Å²) in [5.41, 5.74) is 0. The van der Waals surface area contributed by atoms with Gasteiger partial charge in [0, 0.05) is 19.5 Å². The number of carbonyl (C=O) groups excluding carboxylic acids is 2. The van der Waals surface area contributed by atoms with Gasteiger partial charge in [-0.2, -0.15) is 0 Å². The summed E-state index contributed by atoms with van der Waals surface area (Å²) >= 11 is 0. The van der Waals surface area contributed by atoms with Crippen LogP contribution in [-0.2, 0) is 16.0 Å². The van der Waals surface area contributed by atoms with Crippen LogP contribution in [0.1, 0.15) is 38.4 Å². The van der Waals surface area contributed by atoms with E-state index in [1.807, 2.05) is 24.0 Å². The molecule has 0 saturated carbocycles. The largest absolute Gasteiger partial charge is 0.469 e. The van der Waals surface area contributed by atoms with Gasteiger partial charge in [-0.15, -0.1) is 0 Å². The second-order valence-electron chi connectivity index (χ2n) is 5.83. The van der Waals surface area contributed by atoms with Gasteiger partial charge in [0.15, 0.2) is 0 Å². The van der Waals surface area contributed by atoms with E-state index >= 15 is 0 Å². The molecule has 5 heteroatoms. The molecule has 0 bridgehead atoms. The average molecular weight is 290 g/mol. The summed E-state index contributed by atoms with van der Waals surface area (Å²) in [6.07, 6.45) is 5.82. The summed E-state index contributed by atoms with van der Waals surface area (Å²) in [7, 11) is 0. The number of piperazine rings is 1. The molecule has 2 saturated heterocycles. The average Bonchev–Trinajstić information content (AvgIpc) is 3.03.